The van der Waals surface area contributed by atoms with Gasteiger partial charge in [0.1, 0.15) is 5.82 Å². The lowest BCUT2D eigenvalue weighted by Crippen LogP contribution is -2.50. The van der Waals surface area contributed by atoms with E-state index < -0.39 is 10.0 Å². The number of nitriles is 1. The van der Waals surface area contributed by atoms with Gasteiger partial charge in [-0.3, -0.25) is 4.79 Å². The highest BCUT2D eigenvalue weighted by Crippen LogP contribution is 2.22. The highest BCUT2D eigenvalue weighted by atomic mass is 32.2. The van der Waals surface area contributed by atoms with Gasteiger partial charge in [0.15, 0.2) is 11.7 Å². The minimum absolute atomic E-state index is 0.105. The van der Waals surface area contributed by atoms with E-state index in [9.17, 15) is 17.6 Å². The Bertz CT molecular complexity index is 1270. The van der Waals surface area contributed by atoms with E-state index in [-0.39, 0.29) is 36.1 Å². The first-order valence-electron chi connectivity index (χ1n) is 10.4. The molecule has 0 N–H and O–H groups in total. The van der Waals surface area contributed by atoms with Crippen LogP contribution in [-0.4, -0.2) is 54.7 Å². The summed E-state index contributed by atoms with van der Waals surface area (Å²) < 4.78 is 45.7. The topological polar surface area (TPSA) is 108 Å². The summed E-state index contributed by atoms with van der Waals surface area (Å²) in [6.07, 6.45) is 2.04. The molecule has 1 fully saturated rings. The maximum Gasteiger partial charge on any atom is 0.243 e. The average Bonchev–Trinajstić information content (AvgIpc) is 3.32. The molecule has 0 bridgehead atoms. The minimum Gasteiger partial charge on any atom is -0.441 e. The van der Waals surface area contributed by atoms with Crippen molar-refractivity contribution in [3.05, 3.63) is 72.0 Å². The Morgan fingerprint density at radius 2 is 1.73 bits per heavy atom. The van der Waals surface area contributed by atoms with Gasteiger partial charge in [-0.25, -0.2) is 17.8 Å². The van der Waals surface area contributed by atoms with E-state index in [1.807, 2.05) is 6.07 Å². The van der Waals surface area contributed by atoms with Crippen LogP contribution in [0.2, 0.25) is 0 Å². The molecule has 8 nitrogen and oxygen atoms in total. The van der Waals surface area contributed by atoms with E-state index in [1.54, 1.807) is 23.2 Å². The standard InChI is InChI=1S/C23H21FN4O4S/c24-19-5-3-18(4-6-19)21-16-26-22(32-21)9-10-23(29)27-11-13-28(14-12-27)33(30,31)20-7-1-17(15-25)2-8-20/h1-8,16H,9-14H2. The molecule has 2 aromatic carbocycles. The molecule has 1 amide bonds. The van der Waals surface area contributed by atoms with Crippen molar-refractivity contribution in [2.24, 2.45) is 0 Å². The number of nitrogens with zero attached hydrogens (tertiary/aromatic N) is 4. The van der Waals surface area contributed by atoms with Gasteiger partial charge >= 0.3 is 0 Å². The number of rotatable bonds is 6. The molecule has 170 valence electrons. The van der Waals surface area contributed by atoms with Crippen molar-refractivity contribution in [3.63, 3.8) is 0 Å². The third kappa shape index (κ3) is 5.10. The summed E-state index contributed by atoms with van der Waals surface area (Å²) in [5.74, 6) is 0.463. The molecule has 0 unspecified atom stereocenters. The Kier molecular flexibility index (Phi) is 6.53. The van der Waals surface area contributed by atoms with Gasteiger partial charge in [0.25, 0.3) is 0 Å². The Balaban J connectivity index is 1.30. The molecule has 0 radical (unpaired) electrons. The van der Waals surface area contributed by atoms with Crippen LogP contribution >= 0.6 is 0 Å². The van der Waals surface area contributed by atoms with Crippen molar-refractivity contribution < 1.29 is 22.0 Å². The summed E-state index contributed by atoms with van der Waals surface area (Å²) in [5.41, 5.74) is 1.08. The molecule has 0 saturated carbocycles. The predicted molar refractivity (Wildman–Crippen MR) is 117 cm³/mol. The smallest absolute Gasteiger partial charge is 0.243 e. The first-order valence-corrected chi connectivity index (χ1v) is 11.8. The van der Waals surface area contributed by atoms with E-state index in [1.165, 1.54) is 40.7 Å². The first-order chi connectivity index (χ1) is 15.9. The fourth-order valence-corrected chi connectivity index (χ4v) is 5.00. The monoisotopic (exact) mass is 468 g/mol. The summed E-state index contributed by atoms with van der Waals surface area (Å²) in [7, 11) is -3.68. The molecule has 4 rings (SSSR count). The quantitative estimate of drug-likeness (QED) is 0.551. The Labute approximate surface area is 190 Å². The lowest BCUT2D eigenvalue weighted by atomic mass is 10.2. The van der Waals surface area contributed by atoms with Crippen molar-refractivity contribution in [1.82, 2.24) is 14.2 Å². The van der Waals surface area contributed by atoms with Crippen LogP contribution in [0.4, 0.5) is 4.39 Å². The summed E-state index contributed by atoms with van der Waals surface area (Å²) in [6.45, 7) is 0.977. The number of hydrogen-bond donors (Lipinski definition) is 0. The average molecular weight is 469 g/mol. The fraction of sp³-hybridized carbons (Fsp3) is 0.261. The first kappa shape index (κ1) is 22.6. The van der Waals surface area contributed by atoms with E-state index in [0.717, 1.165) is 0 Å². The lowest BCUT2D eigenvalue weighted by Gasteiger charge is -2.34. The van der Waals surface area contributed by atoms with E-state index >= 15 is 0 Å². The van der Waals surface area contributed by atoms with Crippen LogP contribution in [0.15, 0.2) is 64.0 Å². The molecule has 0 aliphatic carbocycles. The SMILES string of the molecule is N#Cc1ccc(S(=O)(=O)N2CCN(C(=O)CCc3ncc(-c4ccc(F)cc4)o3)CC2)cc1. The molecular weight excluding hydrogens is 447 g/mol. The number of halogens is 1. The van der Waals surface area contributed by atoms with E-state index in [4.69, 9.17) is 9.68 Å². The van der Waals surface area contributed by atoms with Gasteiger partial charge in [0.05, 0.1) is 22.7 Å². The Morgan fingerprint density at radius 3 is 2.36 bits per heavy atom. The zero-order valence-electron chi connectivity index (χ0n) is 17.6. The van der Waals surface area contributed by atoms with Gasteiger partial charge in [0.2, 0.25) is 15.9 Å². The zero-order valence-corrected chi connectivity index (χ0v) is 18.5. The number of benzene rings is 2. The van der Waals surface area contributed by atoms with Crippen LogP contribution in [0.1, 0.15) is 17.9 Å². The molecule has 0 spiro atoms. The Morgan fingerprint density at radius 1 is 1.06 bits per heavy atom. The van der Waals surface area contributed by atoms with Gasteiger partial charge in [0, 0.05) is 44.6 Å². The van der Waals surface area contributed by atoms with Crippen molar-refractivity contribution >= 4 is 15.9 Å². The maximum atomic E-state index is 13.1. The number of carbonyl (C=O) groups excluding carboxylic acids is 1. The number of oxazole rings is 1. The molecule has 1 aromatic heterocycles. The summed E-state index contributed by atoms with van der Waals surface area (Å²) in [5, 5.41) is 8.87. The number of piperazine rings is 1. The van der Waals surface area contributed by atoms with Crippen LogP contribution < -0.4 is 0 Å². The molecular formula is C23H21FN4O4S. The zero-order chi connectivity index (χ0) is 23.4. The molecule has 1 aliphatic heterocycles. The van der Waals surface area contributed by atoms with Crippen molar-refractivity contribution in [2.75, 3.05) is 26.2 Å². The summed E-state index contributed by atoms with van der Waals surface area (Å²) >= 11 is 0. The third-order valence-electron chi connectivity index (χ3n) is 5.45. The number of aromatic nitrogens is 1. The molecule has 3 aromatic rings. The summed E-state index contributed by atoms with van der Waals surface area (Å²) in [6, 6.07) is 13.6. The van der Waals surface area contributed by atoms with Gasteiger partial charge in [-0.1, -0.05) is 0 Å². The van der Waals surface area contributed by atoms with Crippen LogP contribution in [0.5, 0.6) is 0 Å². The predicted octanol–water partition coefficient (Wildman–Crippen LogP) is 2.82. The second-order valence-electron chi connectivity index (χ2n) is 7.55. The largest absolute Gasteiger partial charge is 0.441 e. The maximum absolute atomic E-state index is 13.1. The fourth-order valence-electron chi connectivity index (χ4n) is 3.57. The van der Waals surface area contributed by atoms with Crippen molar-refractivity contribution in [3.8, 4) is 17.4 Å². The second-order valence-corrected chi connectivity index (χ2v) is 9.48. The molecule has 1 aliphatic rings. The van der Waals surface area contributed by atoms with Crippen LogP contribution in [-0.2, 0) is 21.2 Å². The number of aryl methyl sites for hydroxylation is 1. The molecule has 2 heterocycles. The highest BCUT2D eigenvalue weighted by Gasteiger charge is 2.30. The number of sulfonamides is 1. The van der Waals surface area contributed by atoms with Gasteiger partial charge in [-0.2, -0.15) is 9.57 Å². The third-order valence-corrected chi connectivity index (χ3v) is 7.36. The number of amides is 1. The highest BCUT2D eigenvalue weighted by molar-refractivity contribution is 7.89. The van der Waals surface area contributed by atoms with E-state index in [0.29, 0.717) is 42.3 Å². The van der Waals surface area contributed by atoms with E-state index in [2.05, 4.69) is 4.98 Å². The normalized spacial score (nSPS) is 14.7. The molecule has 0 atom stereocenters. The van der Waals surface area contributed by atoms with Gasteiger partial charge in [-0.15, -0.1) is 0 Å². The molecule has 10 heteroatoms. The molecule has 33 heavy (non-hydrogen) atoms. The summed E-state index contributed by atoms with van der Waals surface area (Å²) in [4.78, 5) is 18.5. The minimum atomic E-state index is -3.68. The number of hydrogen-bond acceptors (Lipinski definition) is 6. The van der Waals surface area contributed by atoms with Crippen molar-refractivity contribution in [2.45, 2.75) is 17.7 Å². The van der Waals surface area contributed by atoms with Crippen molar-refractivity contribution in [1.29, 1.82) is 5.26 Å². The van der Waals surface area contributed by atoms with Crippen LogP contribution in [0, 0.1) is 17.1 Å². The second kappa shape index (κ2) is 9.52. The van der Waals surface area contributed by atoms with Gasteiger partial charge < -0.3 is 9.32 Å². The van der Waals surface area contributed by atoms with Crippen LogP contribution in [0.25, 0.3) is 11.3 Å². The molecule has 1 saturated heterocycles. The lowest BCUT2D eigenvalue weighted by molar-refractivity contribution is -0.132. The van der Waals surface area contributed by atoms with Crippen LogP contribution in [0.3, 0.4) is 0 Å². The van der Waals surface area contributed by atoms with Gasteiger partial charge in [-0.05, 0) is 48.5 Å². The number of carbonyl (C=O) groups is 1. The Hall–Kier alpha value is -3.55.